The topological polar surface area (TPSA) is 84.7 Å². The summed E-state index contributed by atoms with van der Waals surface area (Å²) in [6.07, 6.45) is 2.65. The van der Waals surface area contributed by atoms with E-state index in [9.17, 15) is 14.4 Å². The summed E-state index contributed by atoms with van der Waals surface area (Å²) in [6.45, 7) is 2.13. The van der Waals surface area contributed by atoms with Crippen molar-refractivity contribution < 1.29 is 19.1 Å². The molecule has 2 amide bonds. The van der Waals surface area contributed by atoms with Crippen molar-refractivity contribution in [3.05, 3.63) is 30.1 Å². The van der Waals surface area contributed by atoms with Crippen LogP contribution in [0.25, 0.3) is 11.0 Å². The Morgan fingerprint density at radius 1 is 1.07 bits per heavy atom. The molecule has 0 atom stereocenters. The summed E-state index contributed by atoms with van der Waals surface area (Å²) in [5, 5.41) is 0. The molecule has 1 aromatic carbocycles. The third-order valence-corrected chi connectivity index (χ3v) is 4.88. The zero-order valence-corrected chi connectivity index (χ0v) is 15.7. The first-order chi connectivity index (χ1) is 13.0. The van der Waals surface area contributed by atoms with Gasteiger partial charge in [-0.1, -0.05) is 0 Å². The molecule has 0 unspecified atom stereocenters. The third kappa shape index (κ3) is 4.27. The molecule has 3 rings (SSSR count). The Morgan fingerprint density at radius 2 is 1.81 bits per heavy atom. The van der Waals surface area contributed by atoms with E-state index in [4.69, 9.17) is 0 Å². The lowest BCUT2D eigenvalue weighted by Gasteiger charge is -2.22. The maximum Gasteiger partial charge on any atom is 0.306 e. The maximum atomic E-state index is 12.9. The lowest BCUT2D eigenvalue weighted by Crippen LogP contribution is -2.37. The molecule has 144 valence electrons. The van der Waals surface area contributed by atoms with Gasteiger partial charge in [-0.3, -0.25) is 14.4 Å². The molecule has 0 aliphatic carbocycles. The summed E-state index contributed by atoms with van der Waals surface area (Å²) in [5.41, 5.74) is 2.37. The number of esters is 1. The molecule has 2 aromatic rings. The van der Waals surface area contributed by atoms with Gasteiger partial charge in [0.15, 0.2) is 0 Å². The molecule has 0 saturated carbocycles. The largest absolute Gasteiger partial charge is 0.469 e. The van der Waals surface area contributed by atoms with Gasteiger partial charge in [0, 0.05) is 45.2 Å². The summed E-state index contributed by atoms with van der Waals surface area (Å²) in [5.74, 6) is -0.518. The van der Waals surface area contributed by atoms with Crippen LogP contribution in [0.2, 0.25) is 0 Å². The van der Waals surface area contributed by atoms with Crippen LogP contribution in [-0.4, -0.2) is 70.4 Å². The third-order valence-electron chi connectivity index (χ3n) is 4.88. The van der Waals surface area contributed by atoms with Crippen molar-refractivity contribution in [3.63, 3.8) is 0 Å². The van der Waals surface area contributed by atoms with Gasteiger partial charge in [-0.15, -0.1) is 0 Å². The molecule has 0 N–H and O–H groups in total. The van der Waals surface area contributed by atoms with Crippen LogP contribution in [0.5, 0.6) is 0 Å². The van der Waals surface area contributed by atoms with Crippen molar-refractivity contribution in [1.29, 1.82) is 0 Å². The quantitative estimate of drug-likeness (QED) is 0.753. The number of amides is 2. The number of imidazole rings is 1. The number of rotatable bonds is 4. The summed E-state index contributed by atoms with van der Waals surface area (Å²) in [6, 6.07) is 5.52. The van der Waals surface area contributed by atoms with Crippen molar-refractivity contribution in [2.75, 3.05) is 33.3 Å². The summed E-state index contributed by atoms with van der Waals surface area (Å²) in [7, 11) is 3.22. The van der Waals surface area contributed by atoms with E-state index in [0.29, 0.717) is 38.2 Å². The van der Waals surface area contributed by atoms with Crippen LogP contribution < -0.4 is 0 Å². The van der Waals surface area contributed by atoms with Gasteiger partial charge < -0.3 is 19.1 Å². The summed E-state index contributed by atoms with van der Waals surface area (Å²) in [4.78, 5) is 44.1. The molecule has 1 aromatic heterocycles. The van der Waals surface area contributed by atoms with Crippen molar-refractivity contribution >= 4 is 28.8 Å². The van der Waals surface area contributed by atoms with E-state index >= 15 is 0 Å². The summed E-state index contributed by atoms with van der Waals surface area (Å²) < 4.78 is 6.48. The average molecular weight is 372 g/mol. The van der Waals surface area contributed by atoms with Crippen LogP contribution in [0.15, 0.2) is 24.5 Å². The number of nitrogens with zero attached hydrogens (tertiary/aromatic N) is 4. The Kier molecular flexibility index (Phi) is 5.73. The number of hydrogen-bond donors (Lipinski definition) is 0. The smallest absolute Gasteiger partial charge is 0.306 e. The SMILES string of the molecule is COC(=O)CCC(=O)N1CCCN(C(=O)c2ccc3c(c2)ncn3C)CC1. The van der Waals surface area contributed by atoms with Crippen LogP contribution in [0, 0.1) is 0 Å². The molecule has 1 fully saturated rings. The highest BCUT2D eigenvalue weighted by Crippen LogP contribution is 2.16. The number of aryl methyl sites for hydroxylation is 1. The first-order valence-corrected chi connectivity index (χ1v) is 9.04. The van der Waals surface area contributed by atoms with Gasteiger partial charge in [-0.05, 0) is 24.6 Å². The normalized spacial score (nSPS) is 14.9. The summed E-state index contributed by atoms with van der Waals surface area (Å²) >= 11 is 0. The van der Waals surface area contributed by atoms with Crippen molar-refractivity contribution in [1.82, 2.24) is 19.4 Å². The van der Waals surface area contributed by atoms with Gasteiger partial charge in [0.2, 0.25) is 5.91 Å². The van der Waals surface area contributed by atoms with E-state index < -0.39 is 0 Å². The number of carbonyl (C=O) groups excluding carboxylic acids is 3. The van der Waals surface area contributed by atoms with E-state index in [-0.39, 0.29) is 30.6 Å². The molecule has 8 nitrogen and oxygen atoms in total. The fourth-order valence-corrected chi connectivity index (χ4v) is 3.29. The van der Waals surface area contributed by atoms with Crippen molar-refractivity contribution in [3.8, 4) is 0 Å². The van der Waals surface area contributed by atoms with Crippen LogP contribution >= 0.6 is 0 Å². The molecule has 2 heterocycles. The fourth-order valence-electron chi connectivity index (χ4n) is 3.29. The van der Waals surface area contributed by atoms with Gasteiger partial charge >= 0.3 is 5.97 Å². The molecule has 0 radical (unpaired) electrons. The Labute approximate surface area is 157 Å². The van der Waals surface area contributed by atoms with Crippen LogP contribution in [0.1, 0.15) is 29.6 Å². The number of ether oxygens (including phenoxy) is 1. The zero-order chi connectivity index (χ0) is 19.4. The predicted molar refractivity (Wildman–Crippen MR) is 99.1 cm³/mol. The molecule has 27 heavy (non-hydrogen) atoms. The number of carbonyl (C=O) groups is 3. The van der Waals surface area contributed by atoms with Crippen LogP contribution in [0.3, 0.4) is 0 Å². The van der Waals surface area contributed by atoms with Crippen LogP contribution in [0.4, 0.5) is 0 Å². The van der Waals surface area contributed by atoms with Gasteiger partial charge in [0.25, 0.3) is 5.91 Å². The number of fused-ring (bicyclic) bond motifs is 1. The Hall–Kier alpha value is -2.90. The minimum absolute atomic E-state index is 0.0496. The molecule has 1 saturated heterocycles. The Bertz CT molecular complexity index is 861. The molecular weight excluding hydrogens is 348 g/mol. The number of benzene rings is 1. The minimum atomic E-state index is -0.389. The molecular formula is C19H24N4O4. The number of hydrogen-bond acceptors (Lipinski definition) is 5. The second kappa shape index (κ2) is 8.20. The monoisotopic (exact) mass is 372 g/mol. The Morgan fingerprint density at radius 3 is 2.59 bits per heavy atom. The highest BCUT2D eigenvalue weighted by Gasteiger charge is 2.23. The second-order valence-corrected chi connectivity index (χ2v) is 6.66. The van der Waals surface area contributed by atoms with E-state index in [1.54, 1.807) is 16.1 Å². The van der Waals surface area contributed by atoms with Gasteiger partial charge in [0.05, 0.1) is 30.9 Å². The lowest BCUT2D eigenvalue weighted by molar-refractivity contribution is -0.143. The Balaban J connectivity index is 1.61. The highest BCUT2D eigenvalue weighted by molar-refractivity contribution is 5.97. The highest BCUT2D eigenvalue weighted by atomic mass is 16.5. The van der Waals surface area contributed by atoms with Crippen LogP contribution in [-0.2, 0) is 21.4 Å². The maximum absolute atomic E-state index is 12.9. The zero-order valence-electron chi connectivity index (χ0n) is 15.7. The molecule has 0 spiro atoms. The van der Waals surface area contributed by atoms with E-state index in [2.05, 4.69) is 9.72 Å². The minimum Gasteiger partial charge on any atom is -0.469 e. The van der Waals surface area contributed by atoms with Gasteiger partial charge in [-0.2, -0.15) is 0 Å². The second-order valence-electron chi connectivity index (χ2n) is 6.66. The van der Waals surface area contributed by atoms with Gasteiger partial charge in [0.1, 0.15) is 0 Å². The van der Waals surface area contributed by atoms with Gasteiger partial charge in [-0.25, -0.2) is 4.98 Å². The molecule has 1 aliphatic heterocycles. The molecule has 0 bridgehead atoms. The first kappa shape index (κ1) is 18.9. The van der Waals surface area contributed by atoms with E-state index in [1.807, 2.05) is 29.8 Å². The fraction of sp³-hybridized carbons (Fsp3) is 0.474. The standard InChI is InChI=1S/C19H24N4O4/c1-21-13-20-15-12-14(4-5-16(15)21)19(26)23-9-3-8-22(10-11-23)17(24)6-7-18(25)27-2/h4-5,12-13H,3,6-11H2,1-2H3. The van der Waals surface area contributed by atoms with E-state index in [0.717, 1.165) is 11.0 Å². The molecule has 8 heteroatoms. The molecule has 1 aliphatic rings. The predicted octanol–water partition coefficient (Wildman–Crippen LogP) is 1.20. The number of aromatic nitrogens is 2. The van der Waals surface area contributed by atoms with Crippen molar-refractivity contribution in [2.45, 2.75) is 19.3 Å². The number of methoxy groups -OCH3 is 1. The van der Waals surface area contributed by atoms with Crippen molar-refractivity contribution in [2.24, 2.45) is 7.05 Å². The lowest BCUT2D eigenvalue weighted by atomic mass is 10.1. The average Bonchev–Trinajstić information content (AvgIpc) is 2.90. The first-order valence-electron chi connectivity index (χ1n) is 9.04. The van der Waals surface area contributed by atoms with E-state index in [1.165, 1.54) is 7.11 Å².